The number of benzene rings is 8. The van der Waals surface area contributed by atoms with E-state index < -0.39 is 13.4 Å². The van der Waals surface area contributed by atoms with Crippen molar-refractivity contribution in [1.82, 2.24) is 0 Å². The van der Waals surface area contributed by atoms with Crippen molar-refractivity contribution in [2.75, 3.05) is 7.11 Å². The number of para-hydroxylation sites is 1. The highest BCUT2D eigenvalue weighted by atomic mass is 31.2. The first-order chi connectivity index (χ1) is 25.8. The van der Waals surface area contributed by atoms with E-state index >= 15 is 0 Å². The Labute approximate surface area is 309 Å². The minimum atomic E-state index is -2.08. The fourth-order valence-electron chi connectivity index (χ4n) is 7.85. The molecule has 0 heterocycles. The molecular formula is C49H42BOP. The number of hydrogen-bond donors (Lipinski definition) is 0. The maximum Gasteiger partial charge on any atom is 0.162 e. The van der Waals surface area contributed by atoms with Gasteiger partial charge in [-0.3, -0.25) is 0 Å². The van der Waals surface area contributed by atoms with Gasteiger partial charge in [0.2, 0.25) is 0 Å². The Morgan fingerprint density at radius 1 is 0.308 bits per heavy atom. The maximum atomic E-state index is 5.84. The van der Waals surface area contributed by atoms with E-state index in [1.54, 1.807) is 7.11 Å². The molecule has 0 aromatic heterocycles. The summed E-state index contributed by atoms with van der Waals surface area (Å²) < 4.78 is 5.84. The van der Waals surface area contributed by atoms with Crippen LogP contribution in [0, 0.1) is 0 Å². The summed E-state index contributed by atoms with van der Waals surface area (Å²) in [5.41, 5.74) is 5.36. The lowest BCUT2D eigenvalue weighted by Crippen LogP contribution is -2.74. The highest BCUT2D eigenvalue weighted by Gasteiger charge is 2.49. The summed E-state index contributed by atoms with van der Waals surface area (Å²) >= 11 is 0. The minimum absolute atomic E-state index is 0.933. The second kappa shape index (κ2) is 16.4. The van der Waals surface area contributed by atoms with Crippen molar-refractivity contribution < 1.29 is 4.74 Å². The third kappa shape index (κ3) is 6.62. The summed E-state index contributed by atoms with van der Waals surface area (Å²) in [4.78, 5) is 0. The molecule has 0 saturated carbocycles. The van der Waals surface area contributed by atoms with E-state index in [-0.39, 0.29) is 0 Å². The van der Waals surface area contributed by atoms with E-state index in [1.807, 2.05) is 6.07 Å². The van der Waals surface area contributed by atoms with Crippen LogP contribution in [0.25, 0.3) is 0 Å². The molecule has 3 heteroatoms. The summed E-state index contributed by atoms with van der Waals surface area (Å²) in [5.74, 6) is 0.933. The molecule has 252 valence electrons. The van der Waals surface area contributed by atoms with Crippen LogP contribution >= 0.6 is 7.26 Å². The van der Waals surface area contributed by atoms with Gasteiger partial charge >= 0.3 is 0 Å². The first-order valence-corrected chi connectivity index (χ1v) is 19.7. The normalized spacial score (nSPS) is 11.2. The second-order valence-corrected chi connectivity index (χ2v) is 16.2. The largest absolute Gasteiger partial charge is 0.493 e. The Hall–Kier alpha value is -5.95. The molecule has 8 rings (SSSR count). The molecular weight excluding hydrogens is 646 g/mol. The number of methoxy groups -OCH3 is 1. The number of rotatable bonds is 9. The molecule has 0 aliphatic carbocycles. The van der Waals surface area contributed by atoms with Crippen LogP contribution in [0.5, 0.6) is 5.75 Å². The van der Waals surface area contributed by atoms with Crippen LogP contribution in [0.15, 0.2) is 237 Å². The van der Waals surface area contributed by atoms with Crippen molar-refractivity contribution >= 4 is 56.5 Å². The maximum absolute atomic E-state index is 5.84. The monoisotopic (exact) mass is 688 g/mol. The Kier molecular flexibility index (Phi) is 10.9. The standard InChI is InChI=1S/C25H22OP.C24H20B/c1-26-24-19-11-12-20-25(24)27(21-13-5-2-6-14-21,22-15-7-3-8-16-22)23-17-9-4-10-18-23;1-5-13-21(14-6-1)25(22-15-7-2-8-16-22,23-17-9-3-10-18-23)24-19-11-4-12-20-24/h2-20H,1H3;1-20H/q+1;-1. The lowest BCUT2D eigenvalue weighted by atomic mass is 9.13. The molecule has 0 atom stereocenters. The molecule has 0 aliphatic heterocycles. The molecule has 8 aromatic carbocycles. The molecule has 0 fully saturated rings. The molecule has 0 saturated heterocycles. The fourth-order valence-corrected chi connectivity index (χ4v) is 12.2. The van der Waals surface area contributed by atoms with E-state index in [1.165, 1.54) is 43.1 Å². The van der Waals surface area contributed by atoms with Crippen LogP contribution in [-0.2, 0) is 0 Å². The quantitative estimate of drug-likeness (QED) is 0.114. The van der Waals surface area contributed by atoms with Gasteiger partial charge in [0.05, 0.1) is 7.11 Å². The Morgan fingerprint density at radius 2 is 0.558 bits per heavy atom. The van der Waals surface area contributed by atoms with Crippen molar-refractivity contribution in [2.45, 2.75) is 0 Å². The van der Waals surface area contributed by atoms with Crippen molar-refractivity contribution in [3.8, 4) is 5.75 Å². The van der Waals surface area contributed by atoms with Crippen molar-refractivity contribution in [3.05, 3.63) is 237 Å². The topological polar surface area (TPSA) is 9.23 Å². The van der Waals surface area contributed by atoms with E-state index in [9.17, 15) is 0 Å². The van der Waals surface area contributed by atoms with Gasteiger partial charge < -0.3 is 4.74 Å². The second-order valence-electron chi connectivity index (χ2n) is 12.9. The predicted octanol–water partition coefficient (Wildman–Crippen LogP) is 7.38. The van der Waals surface area contributed by atoms with Gasteiger partial charge in [0, 0.05) is 0 Å². The van der Waals surface area contributed by atoms with Gasteiger partial charge in [0.25, 0.3) is 0 Å². The van der Waals surface area contributed by atoms with Crippen LogP contribution < -0.4 is 47.8 Å². The molecule has 0 unspecified atom stereocenters. The average Bonchev–Trinajstić information content (AvgIpc) is 3.25. The van der Waals surface area contributed by atoms with Crippen molar-refractivity contribution in [2.24, 2.45) is 0 Å². The number of ether oxygens (including phenoxy) is 1. The van der Waals surface area contributed by atoms with E-state index in [2.05, 4.69) is 231 Å². The van der Waals surface area contributed by atoms with Gasteiger partial charge in [-0.05, 0) is 48.5 Å². The third-order valence-corrected chi connectivity index (χ3v) is 14.4. The van der Waals surface area contributed by atoms with E-state index in [4.69, 9.17) is 4.74 Å². The van der Waals surface area contributed by atoms with Gasteiger partial charge in [-0.1, -0.05) is 188 Å². The Bertz CT molecular complexity index is 1990. The van der Waals surface area contributed by atoms with Crippen LogP contribution in [0.2, 0.25) is 0 Å². The summed E-state index contributed by atoms with van der Waals surface area (Å²) in [6.07, 6.45) is -1.22. The zero-order valence-corrected chi connectivity index (χ0v) is 30.3. The van der Waals surface area contributed by atoms with E-state index in [0.717, 1.165) is 5.75 Å². The van der Waals surface area contributed by atoms with Gasteiger partial charge in [-0.2, -0.15) is 21.9 Å². The lowest BCUT2D eigenvalue weighted by molar-refractivity contribution is 0.418. The molecule has 0 N–H and O–H groups in total. The van der Waals surface area contributed by atoms with Gasteiger partial charge in [-0.25, -0.2) is 0 Å². The molecule has 52 heavy (non-hydrogen) atoms. The smallest absolute Gasteiger partial charge is 0.162 e. The number of hydrogen-bond acceptors (Lipinski definition) is 1. The molecule has 0 bridgehead atoms. The third-order valence-electron chi connectivity index (χ3n) is 10.1. The van der Waals surface area contributed by atoms with Gasteiger partial charge in [-0.15, -0.1) is 0 Å². The van der Waals surface area contributed by atoms with E-state index in [0.29, 0.717) is 0 Å². The Morgan fingerprint density at radius 3 is 0.846 bits per heavy atom. The molecule has 0 aliphatic rings. The zero-order chi connectivity index (χ0) is 35.5. The molecule has 0 amide bonds. The predicted molar refractivity (Wildman–Crippen MR) is 228 cm³/mol. The van der Waals surface area contributed by atoms with Crippen molar-refractivity contribution in [1.29, 1.82) is 0 Å². The highest BCUT2D eigenvalue weighted by molar-refractivity contribution is 8.01. The van der Waals surface area contributed by atoms with Crippen molar-refractivity contribution in [3.63, 3.8) is 0 Å². The van der Waals surface area contributed by atoms with Crippen LogP contribution in [0.1, 0.15) is 0 Å². The SMILES string of the molecule is COc1ccccc1[P+](c1ccccc1)(c1ccccc1)c1ccccc1.c1ccc([B-](c2ccccc2)(c2ccccc2)c2ccccc2)cc1. The van der Waals surface area contributed by atoms with Crippen LogP contribution in [0.4, 0.5) is 0 Å². The molecule has 0 radical (unpaired) electrons. The van der Waals surface area contributed by atoms with Crippen LogP contribution in [0.3, 0.4) is 0 Å². The van der Waals surface area contributed by atoms with Gasteiger partial charge in [0.15, 0.2) is 11.1 Å². The average molecular weight is 689 g/mol. The first-order valence-electron chi connectivity index (χ1n) is 17.9. The minimum Gasteiger partial charge on any atom is -0.493 e. The van der Waals surface area contributed by atoms with Gasteiger partial charge in [0.1, 0.15) is 29.3 Å². The Balaban J connectivity index is 0.000000162. The first kappa shape index (κ1) is 34.5. The summed E-state index contributed by atoms with van der Waals surface area (Å²) in [6, 6.07) is 84.5. The summed E-state index contributed by atoms with van der Waals surface area (Å²) in [5, 5.41) is 5.22. The molecule has 0 spiro atoms. The molecule has 1 nitrogen and oxygen atoms in total. The molecule has 8 aromatic rings. The highest BCUT2D eigenvalue weighted by Crippen LogP contribution is 2.55. The fraction of sp³-hybridized carbons (Fsp3) is 0.0204. The lowest BCUT2D eigenvalue weighted by Gasteiger charge is -2.44. The summed E-state index contributed by atoms with van der Waals surface area (Å²) in [7, 11) is -0.326. The van der Waals surface area contributed by atoms with Crippen LogP contribution in [-0.4, -0.2) is 13.3 Å². The zero-order valence-electron chi connectivity index (χ0n) is 29.4. The summed E-state index contributed by atoms with van der Waals surface area (Å²) in [6.45, 7) is 0.